The molecule has 0 unspecified atom stereocenters. The van der Waals surface area contributed by atoms with Crippen molar-refractivity contribution < 1.29 is 9.21 Å². The van der Waals surface area contributed by atoms with Crippen LogP contribution in [0.1, 0.15) is 34.8 Å². The average molecular weight is 422 g/mol. The number of aromatic nitrogens is 2. The first kappa shape index (κ1) is 19.8. The molecule has 1 amide bonds. The van der Waals surface area contributed by atoms with Crippen LogP contribution in [0.3, 0.4) is 0 Å². The first-order valence-corrected chi connectivity index (χ1v) is 10.9. The third-order valence-electron chi connectivity index (χ3n) is 6.36. The third-order valence-corrected chi connectivity index (χ3v) is 6.36. The van der Waals surface area contributed by atoms with Gasteiger partial charge < -0.3 is 24.1 Å². The summed E-state index contributed by atoms with van der Waals surface area (Å²) in [5.74, 6) is -0.178. The number of benzene rings is 1. The zero-order valence-corrected chi connectivity index (χ0v) is 17.7. The number of nitrogens with one attached hydrogen (secondary N) is 1. The molecule has 2 aliphatic rings. The summed E-state index contributed by atoms with van der Waals surface area (Å²) in [6.07, 6.45) is 3.65. The van der Waals surface area contributed by atoms with E-state index in [1.165, 1.54) is 0 Å². The van der Waals surface area contributed by atoms with Gasteiger partial charge >= 0.3 is 0 Å². The Morgan fingerprint density at radius 1 is 1.10 bits per heavy atom. The van der Waals surface area contributed by atoms with E-state index in [0.717, 1.165) is 42.6 Å². The van der Waals surface area contributed by atoms with Crippen molar-refractivity contribution in [3.63, 3.8) is 0 Å². The number of rotatable bonds is 3. The number of fused-ring (bicyclic) bond motifs is 1. The molecule has 0 saturated carbocycles. The lowest BCUT2D eigenvalue weighted by Crippen LogP contribution is -2.50. The molecule has 5 rings (SSSR count). The molecule has 1 aromatic carbocycles. The van der Waals surface area contributed by atoms with Gasteiger partial charge in [0.05, 0.1) is 0 Å². The molecule has 0 aliphatic carbocycles. The van der Waals surface area contributed by atoms with E-state index in [-0.39, 0.29) is 17.5 Å². The van der Waals surface area contributed by atoms with E-state index >= 15 is 0 Å². The number of anilines is 1. The van der Waals surface area contributed by atoms with E-state index < -0.39 is 0 Å². The average Bonchev–Trinajstić information content (AvgIpc) is 3.24. The maximum Gasteiger partial charge on any atom is 0.298 e. The number of aryl methyl sites for hydroxylation is 1. The molecule has 0 radical (unpaired) electrons. The topological polar surface area (TPSA) is 83.6 Å². The van der Waals surface area contributed by atoms with Crippen molar-refractivity contribution in [3.05, 3.63) is 58.0 Å². The van der Waals surface area contributed by atoms with Gasteiger partial charge in [-0.25, -0.2) is 0 Å². The second-order valence-corrected chi connectivity index (χ2v) is 8.31. The molecule has 0 bridgehead atoms. The Morgan fingerprint density at radius 2 is 1.84 bits per heavy atom. The van der Waals surface area contributed by atoms with Crippen LogP contribution in [0.25, 0.3) is 11.1 Å². The second-order valence-electron chi connectivity index (χ2n) is 8.31. The molecule has 4 heterocycles. The number of pyridine rings is 1. The zero-order chi connectivity index (χ0) is 21.4. The van der Waals surface area contributed by atoms with Gasteiger partial charge in [0.25, 0.3) is 17.5 Å². The number of carbonyl (C=O) groups excluding carboxylic acids is 1. The first-order chi connectivity index (χ1) is 15.1. The fourth-order valence-corrected chi connectivity index (χ4v) is 4.53. The molecule has 0 atom stereocenters. The minimum atomic E-state index is -0.178. The van der Waals surface area contributed by atoms with Crippen LogP contribution in [0.15, 0.2) is 45.7 Å². The minimum Gasteiger partial charge on any atom is -0.423 e. The van der Waals surface area contributed by atoms with E-state index in [4.69, 9.17) is 4.42 Å². The molecule has 1 N–H and O–H groups in total. The molecule has 162 valence electrons. The Kier molecular flexibility index (Phi) is 5.23. The van der Waals surface area contributed by atoms with Crippen LogP contribution in [-0.2, 0) is 0 Å². The van der Waals surface area contributed by atoms with E-state index in [1.807, 2.05) is 43.5 Å². The van der Waals surface area contributed by atoms with Crippen LogP contribution in [0.4, 0.5) is 6.01 Å². The van der Waals surface area contributed by atoms with Gasteiger partial charge in [0, 0.05) is 38.4 Å². The Labute approximate surface area is 180 Å². The largest absolute Gasteiger partial charge is 0.423 e. The molecule has 2 saturated heterocycles. The molecule has 2 aromatic heterocycles. The number of hydrogen-bond donors (Lipinski definition) is 1. The molecule has 2 aliphatic heterocycles. The van der Waals surface area contributed by atoms with Crippen LogP contribution < -0.4 is 15.8 Å². The summed E-state index contributed by atoms with van der Waals surface area (Å²) in [6, 6.07) is 10.3. The Morgan fingerprint density at radius 3 is 2.58 bits per heavy atom. The quantitative estimate of drug-likeness (QED) is 0.698. The summed E-state index contributed by atoms with van der Waals surface area (Å²) < 4.78 is 7.62. The summed E-state index contributed by atoms with van der Waals surface area (Å²) in [5.41, 5.74) is 2.46. The van der Waals surface area contributed by atoms with E-state index in [1.54, 1.807) is 9.47 Å². The smallest absolute Gasteiger partial charge is 0.298 e. The fraction of sp³-hybridized carbons (Fsp3) is 0.435. The molecular formula is C23H27N5O3. The summed E-state index contributed by atoms with van der Waals surface area (Å²) in [7, 11) is 0. The highest BCUT2D eigenvalue weighted by atomic mass is 16.4. The van der Waals surface area contributed by atoms with Crippen LogP contribution in [-0.4, -0.2) is 59.6 Å². The minimum absolute atomic E-state index is 0.150. The van der Waals surface area contributed by atoms with Crippen molar-refractivity contribution in [2.75, 3.05) is 44.2 Å². The number of amides is 1. The molecular weight excluding hydrogens is 394 g/mol. The SMILES string of the molecule is Cc1ccn(C2CCNCC2)c(=O)c1C(=O)N1CCN(c2nc3ccccc3o2)CC1. The number of nitrogens with zero attached hydrogens (tertiary/aromatic N) is 4. The van der Waals surface area contributed by atoms with E-state index in [2.05, 4.69) is 15.2 Å². The monoisotopic (exact) mass is 421 g/mol. The van der Waals surface area contributed by atoms with Crippen molar-refractivity contribution in [1.29, 1.82) is 0 Å². The molecule has 8 heteroatoms. The highest BCUT2D eigenvalue weighted by Crippen LogP contribution is 2.23. The zero-order valence-electron chi connectivity index (χ0n) is 17.7. The summed E-state index contributed by atoms with van der Waals surface area (Å²) in [6.45, 7) is 5.92. The highest BCUT2D eigenvalue weighted by Gasteiger charge is 2.28. The maximum absolute atomic E-state index is 13.3. The van der Waals surface area contributed by atoms with Crippen LogP contribution in [0.5, 0.6) is 0 Å². The number of piperidine rings is 1. The lowest BCUT2D eigenvalue weighted by atomic mass is 10.0. The second kappa shape index (κ2) is 8.19. The predicted molar refractivity (Wildman–Crippen MR) is 119 cm³/mol. The van der Waals surface area contributed by atoms with Gasteiger partial charge in [-0.2, -0.15) is 4.98 Å². The number of hydrogen-bond acceptors (Lipinski definition) is 6. The lowest BCUT2D eigenvalue weighted by molar-refractivity contribution is 0.0741. The Bertz CT molecular complexity index is 1120. The van der Waals surface area contributed by atoms with Crippen molar-refractivity contribution in [3.8, 4) is 0 Å². The van der Waals surface area contributed by atoms with Gasteiger partial charge in [0.2, 0.25) is 0 Å². The van der Waals surface area contributed by atoms with E-state index in [9.17, 15) is 9.59 Å². The van der Waals surface area contributed by atoms with Crippen LogP contribution >= 0.6 is 0 Å². The molecule has 2 fully saturated rings. The van der Waals surface area contributed by atoms with Crippen molar-refractivity contribution in [2.45, 2.75) is 25.8 Å². The van der Waals surface area contributed by atoms with Crippen molar-refractivity contribution in [2.24, 2.45) is 0 Å². The van der Waals surface area contributed by atoms with Crippen molar-refractivity contribution in [1.82, 2.24) is 19.8 Å². The lowest BCUT2D eigenvalue weighted by Gasteiger charge is -2.34. The van der Waals surface area contributed by atoms with Crippen LogP contribution in [0, 0.1) is 6.92 Å². The van der Waals surface area contributed by atoms with Gasteiger partial charge in [0.15, 0.2) is 5.58 Å². The molecule has 8 nitrogen and oxygen atoms in total. The molecule has 31 heavy (non-hydrogen) atoms. The summed E-state index contributed by atoms with van der Waals surface area (Å²) in [4.78, 5) is 34.9. The highest BCUT2D eigenvalue weighted by molar-refractivity contribution is 5.95. The van der Waals surface area contributed by atoms with Gasteiger partial charge in [-0.3, -0.25) is 9.59 Å². The van der Waals surface area contributed by atoms with Crippen LogP contribution in [0.2, 0.25) is 0 Å². The molecule has 0 spiro atoms. The summed E-state index contributed by atoms with van der Waals surface area (Å²) in [5, 5.41) is 3.32. The maximum atomic E-state index is 13.3. The van der Waals surface area contributed by atoms with Gasteiger partial charge in [-0.15, -0.1) is 0 Å². The van der Waals surface area contributed by atoms with Gasteiger partial charge in [-0.1, -0.05) is 12.1 Å². The number of oxazole rings is 1. The standard InChI is InChI=1S/C23H27N5O3/c1-16-8-11-28(17-6-9-24-10-7-17)22(30)20(16)21(29)26-12-14-27(15-13-26)23-25-18-4-2-3-5-19(18)31-23/h2-5,8,11,17,24H,6-7,9-10,12-15H2,1H3. The Balaban J connectivity index is 1.32. The first-order valence-electron chi connectivity index (χ1n) is 10.9. The number of para-hydroxylation sites is 2. The fourth-order valence-electron chi connectivity index (χ4n) is 4.53. The Hall–Kier alpha value is -3.13. The van der Waals surface area contributed by atoms with E-state index in [0.29, 0.717) is 37.8 Å². The third kappa shape index (κ3) is 3.72. The van der Waals surface area contributed by atoms with Crippen molar-refractivity contribution >= 4 is 23.0 Å². The predicted octanol–water partition coefficient (Wildman–Crippen LogP) is 2.18. The van der Waals surface area contributed by atoms with Gasteiger partial charge in [0.1, 0.15) is 11.1 Å². The molecule has 3 aromatic rings. The van der Waals surface area contributed by atoms with Gasteiger partial charge in [-0.05, 0) is 56.6 Å². The normalized spacial score (nSPS) is 18.0. The number of piperazine rings is 1. The number of carbonyl (C=O) groups is 1. The summed E-state index contributed by atoms with van der Waals surface area (Å²) >= 11 is 0.